The van der Waals surface area contributed by atoms with Crippen LogP contribution < -0.4 is 5.32 Å². The van der Waals surface area contributed by atoms with Gasteiger partial charge in [-0.15, -0.1) is 0 Å². The van der Waals surface area contributed by atoms with Gasteiger partial charge in [-0.2, -0.15) is 4.31 Å². The fourth-order valence-corrected chi connectivity index (χ4v) is 5.23. The molecule has 0 saturated carbocycles. The number of nitrogens with zero attached hydrogens (tertiary/aromatic N) is 4. The second-order valence-corrected chi connectivity index (χ2v) is 8.96. The van der Waals surface area contributed by atoms with E-state index < -0.39 is 14.9 Å². The van der Waals surface area contributed by atoms with Crippen LogP contribution in [0.1, 0.15) is 24.1 Å². The summed E-state index contributed by atoms with van der Waals surface area (Å²) in [4.78, 5) is 15.1. The van der Waals surface area contributed by atoms with Crippen molar-refractivity contribution in [2.24, 2.45) is 0 Å². The van der Waals surface area contributed by atoms with Crippen LogP contribution >= 0.6 is 0 Å². The Morgan fingerprint density at radius 1 is 1.24 bits per heavy atom. The summed E-state index contributed by atoms with van der Waals surface area (Å²) in [6.45, 7) is 3.12. The summed E-state index contributed by atoms with van der Waals surface area (Å²) >= 11 is 0. The Morgan fingerprint density at radius 2 is 2.00 bits per heavy atom. The number of pyridine rings is 1. The number of anilines is 1. The van der Waals surface area contributed by atoms with E-state index in [0.717, 1.165) is 35.8 Å². The lowest BCUT2D eigenvalue weighted by Gasteiger charge is -2.18. The standard InChI is InChI=1S/C19H21N5O4S/c1-14-5-4-8-22-13-15(21-19(14)22)12-20-17-7-6-16(24(25)26)11-18(17)29(27,28)23-9-2-3-10-23/h4-8,11,13,20H,2-3,9-10,12H2,1H3. The van der Waals surface area contributed by atoms with Gasteiger partial charge in [0.1, 0.15) is 10.5 Å². The predicted octanol–water partition coefficient (Wildman–Crippen LogP) is 2.95. The molecule has 1 aromatic carbocycles. The summed E-state index contributed by atoms with van der Waals surface area (Å²) in [6.07, 6.45) is 5.35. The van der Waals surface area contributed by atoms with Crippen molar-refractivity contribution in [1.82, 2.24) is 13.7 Å². The molecule has 0 radical (unpaired) electrons. The number of aromatic nitrogens is 2. The van der Waals surface area contributed by atoms with Crippen LogP contribution in [0.15, 0.2) is 47.6 Å². The number of non-ortho nitro benzene ring substituents is 1. The van der Waals surface area contributed by atoms with Crippen molar-refractivity contribution in [3.8, 4) is 0 Å². The number of nitrogens with one attached hydrogen (secondary N) is 1. The molecule has 3 aromatic rings. The number of hydrogen-bond donors (Lipinski definition) is 1. The van der Waals surface area contributed by atoms with Crippen LogP contribution in [-0.2, 0) is 16.6 Å². The van der Waals surface area contributed by atoms with E-state index in [1.54, 1.807) is 0 Å². The maximum atomic E-state index is 13.1. The third-order valence-electron chi connectivity index (χ3n) is 5.05. The summed E-state index contributed by atoms with van der Waals surface area (Å²) in [5, 5.41) is 14.3. The molecule has 4 rings (SSSR count). The SMILES string of the molecule is Cc1cccn2cc(CNc3ccc([N+](=O)[O-])cc3S(=O)(=O)N3CCCC3)nc12. The lowest BCUT2D eigenvalue weighted by Crippen LogP contribution is -2.28. The summed E-state index contributed by atoms with van der Waals surface area (Å²) in [5.74, 6) is 0. The molecule has 1 aliphatic rings. The number of imidazole rings is 1. The number of nitro groups is 1. The van der Waals surface area contributed by atoms with E-state index in [4.69, 9.17) is 0 Å². The smallest absolute Gasteiger partial charge is 0.270 e. The first-order valence-electron chi connectivity index (χ1n) is 9.32. The van der Waals surface area contributed by atoms with Crippen LogP contribution in [0.2, 0.25) is 0 Å². The lowest BCUT2D eigenvalue weighted by atomic mass is 10.2. The third-order valence-corrected chi connectivity index (χ3v) is 6.99. The van der Waals surface area contributed by atoms with Crippen molar-refractivity contribution in [2.45, 2.75) is 31.2 Å². The van der Waals surface area contributed by atoms with Crippen molar-refractivity contribution in [1.29, 1.82) is 0 Å². The Kier molecular flexibility index (Phi) is 4.97. The van der Waals surface area contributed by atoms with E-state index in [0.29, 0.717) is 25.3 Å². The molecule has 0 spiro atoms. The van der Waals surface area contributed by atoms with E-state index in [1.165, 1.54) is 16.4 Å². The van der Waals surface area contributed by atoms with Crippen LogP contribution in [-0.4, -0.2) is 40.1 Å². The first kappa shape index (κ1) is 19.3. The molecule has 0 bridgehead atoms. The monoisotopic (exact) mass is 415 g/mol. The highest BCUT2D eigenvalue weighted by molar-refractivity contribution is 7.89. The number of aryl methyl sites for hydroxylation is 1. The minimum Gasteiger partial charge on any atom is -0.378 e. The summed E-state index contributed by atoms with van der Waals surface area (Å²) in [7, 11) is -3.82. The van der Waals surface area contributed by atoms with Gasteiger partial charge < -0.3 is 9.72 Å². The Morgan fingerprint density at radius 3 is 2.69 bits per heavy atom. The van der Waals surface area contributed by atoms with Gasteiger partial charge in [0.2, 0.25) is 10.0 Å². The van der Waals surface area contributed by atoms with Gasteiger partial charge in [-0.25, -0.2) is 13.4 Å². The van der Waals surface area contributed by atoms with Gasteiger partial charge >= 0.3 is 0 Å². The molecule has 0 unspecified atom stereocenters. The molecule has 0 atom stereocenters. The van der Waals surface area contributed by atoms with Gasteiger partial charge in [-0.05, 0) is 37.5 Å². The summed E-state index contributed by atoms with van der Waals surface area (Å²) < 4.78 is 29.4. The van der Waals surface area contributed by atoms with E-state index in [2.05, 4.69) is 10.3 Å². The highest BCUT2D eigenvalue weighted by Crippen LogP contribution is 2.31. The van der Waals surface area contributed by atoms with Gasteiger partial charge in [0, 0.05) is 37.6 Å². The zero-order chi connectivity index (χ0) is 20.6. The van der Waals surface area contributed by atoms with E-state index in [1.807, 2.05) is 35.9 Å². The number of benzene rings is 1. The highest BCUT2D eigenvalue weighted by atomic mass is 32.2. The van der Waals surface area contributed by atoms with Crippen molar-refractivity contribution in [3.05, 3.63) is 64.1 Å². The second kappa shape index (κ2) is 7.45. The Bertz CT molecular complexity index is 1180. The molecule has 9 nitrogen and oxygen atoms in total. The van der Waals surface area contributed by atoms with Gasteiger partial charge in [0.05, 0.1) is 22.8 Å². The lowest BCUT2D eigenvalue weighted by molar-refractivity contribution is -0.385. The summed E-state index contributed by atoms with van der Waals surface area (Å²) in [5.41, 5.74) is 2.68. The molecule has 29 heavy (non-hydrogen) atoms. The predicted molar refractivity (Wildman–Crippen MR) is 108 cm³/mol. The average Bonchev–Trinajstić information content (AvgIpc) is 3.37. The number of rotatable bonds is 6. The quantitative estimate of drug-likeness (QED) is 0.490. The van der Waals surface area contributed by atoms with Crippen LogP contribution in [0.25, 0.3) is 5.65 Å². The van der Waals surface area contributed by atoms with Crippen molar-refractivity contribution < 1.29 is 13.3 Å². The van der Waals surface area contributed by atoms with Crippen LogP contribution in [0.5, 0.6) is 0 Å². The van der Waals surface area contributed by atoms with Crippen LogP contribution in [0, 0.1) is 17.0 Å². The molecule has 152 valence electrons. The number of hydrogen-bond acceptors (Lipinski definition) is 6. The Hall–Kier alpha value is -2.98. The molecule has 0 amide bonds. The van der Waals surface area contributed by atoms with Crippen LogP contribution in [0.3, 0.4) is 0 Å². The molecular weight excluding hydrogens is 394 g/mol. The number of nitro benzene ring substituents is 1. The molecule has 10 heteroatoms. The zero-order valence-corrected chi connectivity index (χ0v) is 16.7. The normalized spacial score (nSPS) is 15.1. The fourth-order valence-electron chi connectivity index (χ4n) is 3.53. The minimum absolute atomic E-state index is 0.0754. The topological polar surface area (TPSA) is 110 Å². The fraction of sp³-hybridized carbons (Fsp3) is 0.316. The van der Waals surface area contributed by atoms with E-state index >= 15 is 0 Å². The van der Waals surface area contributed by atoms with Crippen molar-refractivity contribution in [2.75, 3.05) is 18.4 Å². The third kappa shape index (κ3) is 3.68. The minimum atomic E-state index is -3.82. The maximum absolute atomic E-state index is 13.1. The molecule has 1 saturated heterocycles. The van der Waals surface area contributed by atoms with Gasteiger partial charge in [0.15, 0.2) is 0 Å². The van der Waals surface area contributed by atoms with Crippen molar-refractivity contribution >= 4 is 27.0 Å². The largest absolute Gasteiger partial charge is 0.378 e. The molecule has 1 fully saturated rings. The highest BCUT2D eigenvalue weighted by Gasteiger charge is 2.31. The molecule has 1 N–H and O–H groups in total. The molecule has 3 heterocycles. The van der Waals surface area contributed by atoms with Gasteiger partial charge in [0.25, 0.3) is 5.69 Å². The number of fused-ring (bicyclic) bond motifs is 1. The molecular formula is C19H21N5O4S. The van der Waals surface area contributed by atoms with E-state index in [-0.39, 0.29) is 10.6 Å². The summed E-state index contributed by atoms with van der Waals surface area (Å²) in [6, 6.07) is 7.78. The maximum Gasteiger partial charge on any atom is 0.270 e. The van der Waals surface area contributed by atoms with Crippen molar-refractivity contribution in [3.63, 3.8) is 0 Å². The number of sulfonamides is 1. The molecule has 1 aliphatic heterocycles. The Labute approximate surface area is 168 Å². The van der Waals surface area contributed by atoms with Crippen LogP contribution in [0.4, 0.5) is 11.4 Å². The average molecular weight is 415 g/mol. The van der Waals surface area contributed by atoms with Gasteiger partial charge in [-0.3, -0.25) is 10.1 Å². The molecule has 2 aromatic heterocycles. The molecule has 0 aliphatic carbocycles. The second-order valence-electron chi connectivity index (χ2n) is 7.06. The first-order chi connectivity index (χ1) is 13.9. The zero-order valence-electron chi connectivity index (χ0n) is 15.9. The first-order valence-corrected chi connectivity index (χ1v) is 10.8. The Balaban J connectivity index is 1.67. The van der Waals surface area contributed by atoms with Gasteiger partial charge in [-0.1, -0.05) is 6.07 Å². The van der Waals surface area contributed by atoms with E-state index in [9.17, 15) is 18.5 Å².